The highest BCUT2D eigenvalue weighted by molar-refractivity contribution is 5.27. The van der Waals surface area contributed by atoms with Crippen molar-refractivity contribution >= 4 is 0 Å². The molecule has 2 rings (SSSR count). The third-order valence-electron chi connectivity index (χ3n) is 4.41. The van der Waals surface area contributed by atoms with Gasteiger partial charge in [-0.2, -0.15) is 0 Å². The van der Waals surface area contributed by atoms with Gasteiger partial charge in [-0.25, -0.2) is 0 Å². The van der Waals surface area contributed by atoms with Crippen LogP contribution in [0.2, 0.25) is 0 Å². The fourth-order valence-corrected chi connectivity index (χ4v) is 3.16. The smallest absolute Gasteiger partial charge is 0.0236 e. The summed E-state index contributed by atoms with van der Waals surface area (Å²) in [5, 5.41) is 3.53. The quantitative estimate of drug-likeness (QED) is 0.851. The van der Waals surface area contributed by atoms with Crippen molar-refractivity contribution in [1.29, 1.82) is 0 Å². The third kappa shape index (κ3) is 6.19. The van der Waals surface area contributed by atoms with Crippen LogP contribution in [0.5, 0.6) is 0 Å². The van der Waals surface area contributed by atoms with Gasteiger partial charge in [0.15, 0.2) is 0 Å². The first-order valence-electron chi connectivity index (χ1n) is 8.78. The molecule has 0 saturated carbocycles. The SMILES string of the molecule is CC(C)NCCc1ccccc1CN1CCCCCCC1. The molecule has 0 amide bonds. The van der Waals surface area contributed by atoms with E-state index in [1.807, 2.05) is 0 Å². The van der Waals surface area contributed by atoms with E-state index in [1.54, 1.807) is 0 Å². The van der Waals surface area contributed by atoms with E-state index in [-0.39, 0.29) is 0 Å². The lowest BCUT2D eigenvalue weighted by Crippen LogP contribution is -2.28. The van der Waals surface area contributed by atoms with Gasteiger partial charge in [-0.3, -0.25) is 4.90 Å². The summed E-state index contributed by atoms with van der Waals surface area (Å²) in [7, 11) is 0. The van der Waals surface area contributed by atoms with Gasteiger partial charge in [0.25, 0.3) is 0 Å². The van der Waals surface area contributed by atoms with Crippen molar-refractivity contribution < 1.29 is 0 Å². The molecule has 0 aromatic heterocycles. The highest BCUT2D eigenvalue weighted by atomic mass is 15.1. The molecule has 1 aromatic rings. The van der Waals surface area contributed by atoms with Crippen LogP contribution in [0.4, 0.5) is 0 Å². The molecule has 0 spiro atoms. The maximum Gasteiger partial charge on any atom is 0.0236 e. The first-order valence-corrected chi connectivity index (χ1v) is 8.78. The van der Waals surface area contributed by atoms with Gasteiger partial charge in [-0.1, -0.05) is 57.4 Å². The van der Waals surface area contributed by atoms with Gasteiger partial charge in [0.2, 0.25) is 0 Å². The molecule has 0 unspecified atom stereocenters. The lowest BCUT2D eigenvalue weighted by Gasteiger charge is -2.25. The van der Waals surface area contributed by atoms with Crippen molar-refractivity contribution in [1.82, 2.24) is 10.2 Å². The van der Waals surface area contributed by atoms with E-state index in [9.17, 15) is 0 Å². The molecule has 0 radical (unpaired) electrons. The molecule has 21 heavy (non-hydrogen) atoms. The first-order chi connectivity index (χ1) is 10.3. The minimum atomic E-state index is 0.575. The van der Waals surface area contributed by atoms with E-state index >= 15 is 0 Å². The molecule has 1 fully saturated rings. The van der Waals surface area contributed by atoms with Crippen LogP contribution in [0.3, 0.4) is 0 Å². The Kier molecular flexibility index (Phi) is 7.25. The van der Waals surface area contributed by atoms with Crippen molar-refractivity contribution in [2.45, 2.75) is 65.0 Å². The molecule has 0 atom stereocenters. The van der Waals surface area contributed by atoms with Crippen molar-refractivity contribution in [3.05, 3.63) is 35.4 Å². The van der Waals surface area contributed by atoms with Gasteiger partial charge in [0.1, 0.15) is 0 Å². The van der Waals surface area contributed by atoms with Crippen LogP contribution >= 0.6 is 0 Å². The molecule has 1 saturated heterocycles. The maximum absolute atomic E-state index is 3.53. The fourth-order valence-electron chi connectivity index (χ4n) is 3.16. The van der Waals surface area contributed by atoms with Crippen molar-refractivity contribution in [2.24, 2.45) is 0 Å². The zero-order valence-electron chi connectivity index (χ0n) is 13.9. The Labute approximate surface area is 130 Å². The summed E-state index contributed by atoms with van der Waals surface area (Å²) >= 11 is 0. The molecule has 1 heterocycles. The molecular formula is C19H32N2. The molecule has 1 aromatic carbocycles. The summed E-state index contributed by atoms with van der Waals surface area (Å²) in [6.45, 7) is 9.20. The third-order valence-corrected chi connectivity index (χ3v) is 4.41. The van der Waals surface area contributed by atoms with Gasteiger partial charge < -0.3 is 5.32 Å². The van der Waals surface area contributed by atoms with Crippen LogP contribution in [0, 0.1) is 0 Å². The number of rotatable bonds is 6. The number of hydrogen-bond acceptors (Lipinski definition) is 2. The number of hydrogen-bond donors (Lipinski definition) is 1. The second-order valence-corrected chi connectivity index (χ2v) is 6.67. The second-order valence-electron chi connectivity index (χ2n) is 6.67. The average molecular weight is 288 g/mol. The minimum Gasteiger partial charge on any atom is -0.314 e. The van der Waals surface area contributed by atoms with E-state index in [1.165, 1.54) is 56.3 Å². The Morgan fingerprint density at radius 3 is 2.24 bits per heavy atom. The predicted octanol–water partition coefficient (Wildman–Crippen LogP) is 3.99. The number of likely N-dealkylation sites (tertiary alicyclic amines) is 1. The van der Waals surface area contributed by atoms with E-state index in [0.717, 1.165) is 19.5 Å². The molecule has 1 aliphatic heterocycles. The maximum atomic E-state index is 3.53. The molecule has 1 aliphatic rings. The molecule has 2 nitrogen and oxygen atoms in total. The molecule has 0 bridgehead atoms. The fraction of sp³-hybridized carbons (Fsp3) is 0.684. The molecule has 118 valence electrons. The van der Waals surface area contributed by atoms with Crippen molar-refractivity contribution in [3.63, 3.8) is 0 Å². The van der Waals surface area contributed by atoms with Gasteiger partial charge in [0.05, 0.1) is 0 Å². The van der Waals surface area contributed by atoms with Gasteiger partial charge in [0, 0.05) is 12.6 Å². The Morgan fingerprint density at radius 1 is 0.952 bits per heavy atom. The highest BCUT2D eigenvalue weighted by Gasteiger charge is 2.10. The van der Waals surface area contributed by atoms with Crippen LogP contribution in [0.15, 0.2) is 24.3 Å². The van der Waals surface area contributed by atoms with E-state index in [2.05, 4.69) is 48.3 Å². The van der Waals surface area contributed by atoms with Crippen LogP contribution in [-0.2, 0) is 13.0 Å². The second kappa shape index (κ2) is 9.22. The standard InChI is InChI=1S/C19H32N2/c1-17(2)20-13-12-18-10-6-7-11-19(18)16-21-14-8-4-3-5-9-15-21/h6-7,10-11,17,20H,3-5,8-9,12-16H2,1-2H3. The van der Waals surface area contributed by atoms with Crippen LogP contribution in [0.25, 0.3) is 0 Å². The molecule has 0 aliphatic carbocycles. The zero-order valence-corrected chi connectivity index (χ0v) is 13.9. The number of benzene rings is 1. The molecule has 2 heteroatoms. The summed E-state index contributed by atoms with van der Waals surface area (Å²) < 4.78 is 0. The normalized spacial score (nSPS) is 17.7. The first kappa shape index (κ1) is 16.5. The average Bonchev–Trinajstić information content (AvgIpc) is 2.43. The molecular weight excluding hydrogens is 256 g/mol. The van der Waals surface area contributed by atoms with Crippen molar-refractivity contribution in [2.75, 3.05) is 19.6 Å². The largest absolute Gasteiger partial charge is 0.314 e. The van der Waals surface area contributed by atoms with Gasteiger partial charge in [-0.15, -0.1) is 0 Å². The zero-order chi connectivity index (χ0) is 14.9. The lowest BCUT2D eigenvalue weighted by atomic mass is 10.0. The number of nitrogens with zero attached hydrogens (tertiary/aromatic N) is 1. The predicted molar refractivity (Wildman–Crippen MR) is 91.6 cm³/mol. The lowest BCUT2D eigenvalue weighted by molar-refractivity contribution is 0.239. The Morgan fingerprint density at radius 2 is 1.57 bits per heavy atom. The van der Waals surface area contributed by atoms with Crippen LogP contribution < -0.4 is 5.32 Å². The van der Waals surface area contributed by atoms with Crippen LogP contribution in [0.1, 0.15) is 57.1 Å². The summed E-state index contributed by atoms with van der Waals surface area (Å²) in [6.07, 6.45) is 8.15. The van der Waals surface area contributed by atoms with E-state index < -0.39 is 0 Å². The summed E-state index contributed by atoms with van der Waals surface area (Å²) in [4.78, 5) is 2.66. The monoisotopic (exact) mass is 288 g/mol. The summed E-state index contributed by atoms with van der Waals surface area (Å²) in [5.74, 6) is 0. The van der Waals surface area contributed by atoms with Crippen LogP contribution in [-0.4, -0.2) is 30.6 Å². The number of nitrogens with one attached hydrogen (secondary N) is 1. The summed E-state index contributed by atoms with van der Waals surface area (Å²) in [6, 6.07) is 9.58. The minimum absolute atomic E-state index is 0.575. The Hall–Kier alpha value is -0.860. The molecule has 1 N–H and O–H groups in total. The van der Waals surface area contributed by atoms with Crippen molar-refractivity contribution in [3.8, 4) is 0 Å². The Bertz CT molecular complexity index is 392. The topological polar surface area (TPSA) is 15.3 Å². The van der Waals surface area contributed by atoms with E-state index in [0.29, 0.717) is 6.04 Å². The summed E-state index contributed by atoms with van der Waals surface area (Å²) in [5.41, 5.74) is 3.05. The Balaban J connectivity index is 1.91. The highest BCUT2D eigenvalue weighted by Crippen LogP contribution is 2.16. The van der Waals surface area contributed by atoms with Gasteiger partial charge in [-0.05, 0) is 50.0 Å². The van der Waals surface area contributed by atoms with E-state index in [4.69, 9.17) is 0 Å². The van der Waals surface area contributed by atoms with Gasteiger partial charge >= 0.3 is 0 Å².